The fourth-order valence-electron chi connectivity index (χ4n) is 2.07. The normalized spacial score (nSPS) is 10.3. The first kappa shape index (κ1) is 15.1. The van der Waals surface area contributed by atoms with Gasteiger partial charge in [-0.15, -0.1) is 0 Å². The van der Waals surface area contributed by atoms with E-state index in [1.807, 2.05) is 55.6 Å². The second kappa shape index (κ2) is 7.45. The minimum absolute atomic E-state index is 0.0339. The molecule has 0 spiro atoms. The molecule has 0 aliphatic carbocycles. The fraction of sp³-hybridized carbons (Fsp3) is 0.235. The van der Waals surface area contributed by atoms with E-state index in [1.165, 1.54) is 0 Å². The Bertz CT molecular complexity index is 610. The van der Waals surface area contributed by atoms with Crippen LogP contribution in [0.4, 0.5) is 0 Å². The van der Waals surface area contributed by atoms with Crippen LogP contribution >= 0.6 is 0 Å². The number of hydrogen-bond donors (Lipinski definition) is 2. The van der Waals surface area contributed by atoms with Crippen LogP contribution in [0.3, 0.4) is 0 Å². The van der Waals surface area contributed by atoms with Gasteiger partial charge in [0.15, 0.2) is 0 Å². The molecule has 21 heavy (non-hydrogen) atoms. The number of carbonyl (C=O) groups is 1. The van der Waals surface area contributed by atoms with Gasteiger partial charge in [0.1, 0.15) is 12.4 Å². The molecule has 0 aliphatic rings. The molecule has 0 heterocycles. The summed E-state index contributed by atoms with van der Waals surface area (Å²) in [7, 11) is 1.88. The lowest BCUT2D eigenvalue weighted by molar-refractivity contribution is -0.136. The van der Waals surface area contributed by atoms with Crippen molar-refractivity contribution in [3.8, 4) is 16.9 Å². The SMILES string of the molecule is CNCCOc1cccc(-c2cccc(CC(=O)O)c2)c1. The summed E-state index contributed by atoms with van der Waals surface area (Å²) in [5.74, 6) is -0.0114. The van der Waals surface area contributed by atoms with Gasteiger partial charge < -0.3 is 15.2 Å². The van der Waals surface area contributed by atoms with E-state index in [2.05, 4.69) is 5.32 Å². The summed E-state index contributed by atoms with van der Waals surface area (Å²) < 4.78 is 5.65. The number of carboxylic acids is 1. The second-order valence-corrected chi connectivity index (χ2v) is 4.75. The summed E-state index contributed by atoms with van der Waals surface area (Å²) >= 11 is 0. The molecule has 4 nitrogen and oxygen atoms in total. The van der Waals surface area contributed by atoms with Crippen molar-refractivity contribution in [3.63, 3.8) is 0 Å². The van der Waals surface area contributed by atoms with Gasteiger partial charge in [-0.3, -0.25) is 4.79 Å². The lowest BCUT2D eigenvalue weighted by atomic mass is 10.0. The Balaban J connectivity index is 2.17. The van der Waals surface area contributed by atoms with E-state index in [-0.39, 0.29) is 6.42 Å². The van der Waals surface area contributed by atoms with Crippen LogP contribution in [0.25, 0.3) is 11.1 Å². The van der Waals surface area contributed by atoms with Crippen molar-refractivity contribution in [1.29, 1.82) is 0 Å². The van der Waals surface area contributed by atoms with Crippen LogP contribution in [-0.4, -0.2) is 31.3 Å². The zero-order chi connectivity index (χ0) is 15.1. The maximum absolute atomic E-state index is 10.8. The molecule has 2 N–H and O–H groups in total. The molecule has 0 aliphatic heterocycles. The minimum atomic E-state index is -0.823. The van der Waals surface area contributed by atoms with Crippen molar-refractivity contribution >= 4 is 5.97 Å². The first-order valence-electron chi connectivity index (χ1n) is 6.87. The Labute approximate surface area is 124 Å². The van der Waals surface area contributed by atoms with Crippen molar-refractivity contribution in [1.82, 2.24) is 5.32 Å². The minimum Gasteiger partial charge on any atom is -0.492 e. The van der Waals surface area contributed by atoms with E-state index in [0.717, 1.165) is 29.0 Å². The number of rotatable bonds is 7. The van der Waals surface area contributed by atoms with E-state index in [9.17, 15) is 4.79 Å². The summed E-state index contributed by atoms with van der Waals surface area (Å²) in [6, 6.07) is 15.4. The molecule has 0 fully saturated rings. The van der Waals surface area contributed by atoms with Crippen molar-refractivity contribution in [2.24, 2.45) is 0 Å². The highest BCUT2D eigenvalue weighted by molar-refractivity contribution is 5.72. The number of nitrogens with one attached hydrogen (secondary N) is 1. The summed E-state index contributed by atoms with van der Waals surface area (Å²) in [6.45, 7) is 1.40. The van der Waals surface area contributed by atoms with Gasteiger partial charge in [0.05, 0.1) is 6.42 Å². The Morgan fingerprint density at radius 2 is 1.86 bits per heavy atom. The number of benzene rings is 2. The van der Waals surface area contributed by atoms with Gasteiger partial charge >= 0.3 is 5.97 Å². The number of aliphatic carboxylic acids is 1. The summed E-state index contributed by atoms with van der Waals surface area (Å²) in [5.41, 5.74) is 2.80. The zero-order valence-electron chi connectivity index (χ0n) is 12.0. The van der Waals surface area contributed by atoms with E-state index in [1.54, 1.807) is 0 Å². The number of ether oxygens (including phenoxy) is 1. The Hall–Kier alpha value is -2.33. The number of likely N-dealkylation sites (N-methyl/N-ethyl adjacent to an activating group) is 1. The first-order chi connectivity index (χ1) is 10.2. The highest BCUT2D eigenvalue weighted by atomic mass is 16.5. The average Bonchev–Trinajstić information content (AvgIpc) is 2.47. The van der Waals surface area contributed by atoms with E-state index in [0.29, 0.717) is 6.61 Å². The van der Waals surface area contributed by atoms with Gasteiger partial charge in [0.25, 0.3) is 0 Å². The highest BCUT2D eigenvalue weighted by Crippen LogP contribution is 2.24. The Kier molecular flexibility index (Phi) is 5.35. The van der Waals surface area contributed by atoms with Crippen molar-refractivity contribution < 1.29 is 14.6 Å². The van der Waals surface area contributed by atoms with Crippen molar-refractivity contribution in [2.75, 3.05) is 20.2 Å². The lowest BCUT2D eigenvalue weighted by Crippen LogP contribution is -2.15. The molecule has 0 radical (unpaired) electrons. The Morgan fingerprint density at radius 1 is 1.14 bits per heavy atom. The third-order valence-corrected chi connectivity index (χ3v) is 3.07. The lowest BCUT2D eigenvalue weighted by Gasteiger charge is -2.09. The third-order valence-electron chi connectivity index (χ3n) is 3.07. The van der Waals surface area contributed by atoms with E-state index >= 15 is 0 Å². The molecule has 2 aromatic rings. The fourth-order valence-corrected chi connectivity index (χ4v) is 2.07. The van der Waals surface area contributed by atoms with Crippen LogP contribution in [0.5, 0.6) is 5.75 Å². The molecule has 2 aromatic carbocycles. The molecule has 0 amide bonds. The van der Waals surface area contributed by atoms with Crippen molar-refractivity contribution in [3.05, 3.63) is 54.1 Å². The molecular formula is C17H19NO3. The van der Waals surface area contributed by atoms with Crippen LogP contribution < -0.4 is 10.1 Å². The monoisotopic (exact) mass is 285 g/mol. The average molecular weight is 285 g/mol. The summed E-state index contributed by atoms with van der Waals surface area (Å²) in [5, 5.41) is 11.9. The zero-order valence-corrected chi connectivity index (χ0v) is 12.0. The maximum atomic E-state index is 10.8. The molecule has 0 aromatic heterocycles. The molecule has 0 saturated carbocycles. The third kappa shape index (κ3) is 4.61. The molecule has 4 heteroatoms. The van der Waals surface area contributed by atoms with Gasteiger partial charge in [0, 0.05) is 6.54 Å². The van der Waals surface area contributed by atoms with Crippen LogP contribution in [0.1, 0.15) is 5.56 Å². The summed E-state index contributed by atoms with van der Waals surface area (Å²) in [6.07, 6.45) is 0.0339. The largest absolute Gasteiger partial charge is 0.492 e. The number of carboxylic acid groups (broad SMARTS) is 1. The van der Waals surface area contributed by atoms with Crippen LogP contribution in [0, 0.1) is 0 Å². The van der Waals surface area contributed by atoms with Crippen LogP contribution in [-0.2, 0) is 11.2 Å². The summed E-state index contributed by atoms with van der Waals surface area (Å²) in [4.78, 5) is 10.8. The van der Waals surface area contributed by atoms with E-state index < -0.39 is 5.97 Å². The van der Waals surface area contributed by atoms with Gasteiger partial charge in [-0.1, -0.05) is 36.4 Å². The topological polar surface area (TPSA) is 58.6 Å². The standard InChI is InChI=1S/C17H19NO3/c1-18-8-9-21-16-7-3-6-15(12-16)14-5-2-4-13(10-14)11-17(19)20/h2-7,10,12,18H,8-9,11H2,1H3,(H,19,20). The van der Waals surface area contributed by atoms with Crippen LogP contribution in [0.15, 0.2) is 48.5 Å². The smallest absolute Gasteiger partial charge is 0.307 e. The highest BCUT2D eigenvalue weighted by Gasteiger charge is 2.04. The van der Waals surface area contributed by atoms with Gasteiger partial charge in [0.2, 0.25) is 0 Å². The van der Waals surface area contributed by atoms with Gasteiger partial charge in [-0.25, -0.2) is 0 Å². The maximum Gasteiger partial charge on any atom is 0.307 e. The van der Waals surface area contributed by atoms with Gasteiger partial charge in [-0.05, 0) is 35.9 Å². The van der Waals surface area contributed by atoms with Gasteiger partial charge in [-0.2, -0.15) is 0 Å². The second-order valence-electron chi connectivity index (χ2n) is 4.75. The quantitative estimate of drug-likeness (QED) is 0.768. The molecule has 2 rings (SSSR count). The molecule has 0 unspecified atom stereocenters. The predicted molar refractivity (Wildman–Crippen MR) is 82.6 cm³/mol. The van der Waals surface area contributed by atoms with E-state index in [4.69, 9.17) is 9.84 Å². The molecule has 110 valence electrons. The number of hydrogen-bond acceptors (Lipinski definition) is 3. The molecular weight excluding hydrogens is 266 g/mol. The molecule has 0 saturated heterocycles. The molecule has 0 atom stereocenters. The predicted octanol–water partition coefficient (Wildman–Crippen LogP) is 2.58. The van der Waals surface area contributed by atoms with Crippen LogP contribution in [0.2, 0.25) is 0 Å². The Morgan fingerprint density at radius 3 is 2.57 bits per heavy atom. The molecule has 0 bridgehead atoms. The van der Waals surface area contributed by atoms with Crippen molar-refractivity contribution in [2.45, 2.75) is 6.42 Å². The first-order valence-corrected chi connectivity index (χ1v) is 6.87.